The van der Waals surface area contributed by atoms with Crippen LogP contribution in [0, 0.1) is 20.2 Å². The molecule has 8 rings (SSSR count). The van der Waals surface area contributed by atoms with Gasteiger partial charge >= 0.3 is 0 Å². The Morgan fingerprint density at radius 2 is 1.02 bits per heavy atom. The molecule has 52 heavy (non-hydrogen) atoms. The molecule has 2 spiro atoms. The van der Waals surface area contributed by atoms with Crippen LogP contribution in [-0.2, 0) is 10.8 Å². The molecule has 2 N–H and O–H groups in total. The molecule has 0 aromatic heterocycles. The Kier molecular flexibility index (Phi) is 7.32. The minimum atomic E-state index is -1.00. The molecule has 12 nitrogen and oxygen atoms in total. The lowest BCUT2D eigenvalue weighted by Crippen LogP contribution is -2.60. The van der Waals surface area contributed by atoms with Gasteiger partial charge in [-0.1, -0.05) is 12.1 Å². The quantitative estimate of drug-likeness (QED) is 0.153. The molecule has 266 valence electrons. The molecule has 0 radical (unpaired) electrons. The number of hydrogen-bond acceptors (Lipinski definition) is 10. The monoisotopic (exact) mass is 702 g/mol. The van der Waals surface area contributed by atoms with Crippen molar-refractivity contribution < 1.29 is 29.5 Å². The Hall–Kier alpha value is -5.72. The molecule has 0 aliphatic carbocycles. The summed E-state index contributed by atoms with van der Waals surface area (Å²) in [7, 11) is 0. The normalized spacial score (nSPS) is 22.4. The SMILES string of the molecule is CC1(C)c2cc(-c3ccc4c(c3)C(C)(C)C3(C=Cc5cc([N+](=O)[O-])ccc5O3)N4CCO)ccc2N(CCO)C12C=Cc1cc([N+](=O)[O-])ccc1O2. The molecular formula is C40H38N4O8. The van der Waals surface area contributed by atoms with Gasteiger partial charge < -0.3 is 29.5 Å². The van der Waals surface area contributed by atoms with E-state index in [1.807, 2.05) is 24.3 Å². The number of non-ortho nitro benzene ring substituents is 2. The van der Waals surface area contributed by atoms with Gasteiger partial charge in [0.2, 0.25) is 11.4 Å². The van der Waals surface area contributed by atoms with Crippen molar-refractivity contribution in [1.82, 2.24) is 0 Å². The molecule has 4 aliphatic rings. The molecule has 0 amide bonds. The van der Waals surface area contributed by atoms with E-state index in [-0.39, 0.29) is 24.6 Å². The molecule has 0 bridgehead atoms. The van der Waals surface area contributed by atoms with E-state index >= 15 is 0 Å². The first-order chi connectivity index (χ1) is 24.8. The fraction of sp³-hybridized carbons (Fsp3) is 0.300. The van der Waals surface area contributed by atoms with Crippen LogP contribution in [0.4, 0.5) is 22.7 Å². The number of β-amino-alcohol motifs (C(OH)–C–C–N with tert-alkyl or cyclic N) is 2. The summed E-state index contributed by atoms with van der Waals surface area (Å²) in [6, 6.07) is 21.7. The highest BCUT2D eigenvalue weighted by molar-refractivity contribution is 5.81. The number of rotatable bonds is 7. The van der Waals surface area contributed by atoms with E-state index in [1.54, 1.807) is 12.1 Å². The maximum Gasteiger partial charge on any atom is 0.270 e. The van der Waals surface area contributed by atoms with Crippen LogP contribution in [0.15, 0.2) is 84.9 Å². The van der Waals surface area contributed by atoms with E-state index in [0.717, 1.165) is 33.6 Å². The largest absolute Gasteiger partial charge is 0.463 e. The van der Waals surface area contributed by atoms with Crippen molar-refractivity contribution in [2.24, 2.45) is 0 Å². The van der Waals surface area contributed by atoms with Crippen LogP contribution in [0.25, 0.3) is 23.3 Å². The first-order valence-corrected chi connectivity index (χ1v) is 17.2. The van der Waals surface area contributed by atoms with Crippen LogP contribution < -0.4 is 19.3 Å². The Morgan fingerprint density at radius 1 is 0.615 bits per heavy atom. The lowest BCUT2D eigenvalue weighted by molar-refractivity contribution is -0.385. The predicted octanol–water partition coefficient (Wildman–Crippen LogP) is 6.95. The molecule has 4 heterocycles. The predicted molar refractivity (Wildman–Crippen MR) is 198 cm³/mol. The second-order valence-corrected chi connectivity index (χ2v) is 14.7. The standard InChI is InChI=1S/C40H38N4O8/c1-37(2)31-23-25(5-9-33(31)41(17-19-45)39(37)15-13-27-21-29(43(47)48)7-11-35(27)51-39)26-6-10-34-32(24-26)38(3,4)40(42(34)18-20-46)16-14-28-22-30(44(49)50)8-12-36(28)52-40/h5-16,21-24,45-46H,17-20H2,1-4H3. The lowest BCUT2D eigenvalue weighted by atomic mass is 9.75. The Balaban J connectivity index is 1.19. The fourth-order valence-electron chi connectivity index (χ4n) is 8.61. The van der Waals surface area contributed by atoms with Gasteiger partial charge in [-0.15, -0.1) is 0 Å². The highest BCUT2D eigenvalue weighted by atomic mass is 16.6. The summed E-state index contributed by atoms with van der Waals surface area (Å²) in [4.78, 5) is 26.1. The molecule has 12 heteroatoms. The van der Waals surface area contributed by atoms with E-state index < -0.39 is 32.1 Å². The second-order valence-electron chi connectivity index (χ2n) is 14.7. The Labute approximate surface area is 300 Å². The van der Waals surface area contributed by atoms with Gasteiger partial charge in [0.25, 0.3) is 11.4 Å². The number of nitro benzene ring substituents is 2. The van der Waals surface area contributed by atoms with Crippen LogP contribution >= 0.6 is 0 Å². The number of nitro groups is 2. The molecule has 4 aromatic carbocycles. The van der Waals surface area contributed by atoms with Crippen molar-refractivity contribution in [3.63, 3.8) is 0 Å². The minimum absolute atomic E-state index is 0.0149. The van der Waals surface area contributed by atoms with Crippen LogP contribution in [-0.4, -0.2) is 57.8 Å². The van der Waals surface area contributed by atoms with E-state index in [1.165, 1.54) is 24.3 Å². The van der Waals surface area contributed by atoms with Gasteiger partial charge in [0.15, 0.2) is 0 Å². The zero-order valence-electron chi connectivity index (χ0n) is 29.2. The number of anilines is 2. The van der Waals surface area contributed by atoms with Crippen LogP contribution in [0.1, 0.15) is 49.9 Å². The van der Waals surface area contributed by atoms with Crippen molar-refractivity contribution in [1.29, 1.82) is 0 Å². The molecule has 0 saturated carbocycles. The summed E-state index contributed by atoms with van der Waals surface area (Å²) in [6.07, 6.45) is 7.61. The summed E-state index contributed by atoms with van der Waals surface area (Å²) in [5.41, 5.74) is 3.82. The summed E-state index contributed by atoms with van der Waals surface area (Å²) in [5.74, 6) is 1.05. The fourth-order valence-corrected chi connectivity index (χ4v) is 8.61. The highest BCUT2D eigenvalue weighted by Crippen LogP contribution is 2.58. The van der Waals surface area contributed by atoms with Gasteiger partial charge in [0, 0.05) is 59.9 Å². The third-order valence-electron chi connectivity index (χ3n) is 11.4. The zero-order valence-corrected chi connectivity index (χ0v) is 29.2. The third-order valence-corrected chi connectivity index (χ3v) is 11.4. The Bertz CT molecular complexity index is 2090. The lowest BCUT2D eigenvalue weighted by Gasteiger charge is -2.47. The second kappa shape index (κ2) is 11.4. The first-order valence-electron chi connectivity index (χ1n) is 17.2. The molecule has 0 fully saturated rings. The van der Waals surface area contributed by atoms with E-state index in [9.17, 15) is 30.4 Å². The maximum absolute atomic E-state index is 11.4. The third kappa shape index (κ3) is 4.47. The van der Waals surface area contributed by atoms with Crippen LogP contribution in [0.5, 0.6) is 11.5 Å². The average molecular weight is 703 g/mol. The van der Waals surface area contributed by atoms with Gasteiger partial charge in [-0.3, -0.25) is 20.2 Å². The summed E-state index contributed by atoms with van der Waals surface area (Å²) >= 11 is 0. The number of ether oxygens (including phenoxy) is 2. The van der Waals surface area contributed by atoms with Gasteiger partial charge in [0.1, 0.15) is 11.5 Å². The molecule has 2 atom stereocenters. The molecule has 4 aromatic rings. The average Bonchev–Trinajstić information content (AvgIpc) is 3.41. The zero-order chi connectivity index (χ0) is 36.8. The van der Waals surface area contributed by atoms with Crippen LogP contribution in [0.3, 0.4) is 0 Å². The van der Waals surface area contributed by atoms with Crippen molar-refractivity contribution in [3.8, 4) is 22.6 Å². The maximum atomic E-state index is 11.4. The van der Waals surface area contributed by atoms with Crippen molar-refractivity contribution in [2.75, 3.05) is 36.1 Å². The number of fused-ring (bicyclic) bond motifs is 4. The molecule has 0 saturated heterocycles. The van der Waals surface area contributed by atoms with E-state index in [2.05, 4.69) is 73.9 Å². The number of benzene rings is 4. The highest BCUT2D eigenvalue weighted by Gasteiger charge is 2.60. The van der Waals surface area contributed by atoms with Gasteiger partial charge in [-0.05, 0) is 111 Å². The number of nitrogens with zero attached hydrogens (tertiary/aromatic N) is 4. The topological polar surface area (TPSA) is 152 Å². The van der Waals surface area contributed by atoms with Crippen molar-refractivity contribution >= 4 is 34.9 Å². The number of hydrogen-bond donors (Lipinski definition) is 2. The van der Waals surface area contributed by atoms with Crippen molar-refractivity contribution in [3.05, 3.63) is 127 Å². The smallest absolute Gasteiger partial charge is 0.270 e. The van der Waals surface area contributed by atoms with Gasteiger partial charge in [0.05, 0.1) is 33.9 Å². The van der Waals surface area contributed by atoms with Gasteiger partial charge in [-0.25, -0.2) is 0 Å². The molecular weight excluding hydrogens is 664 g/mol. The molecule has 4 aliphatic heterocycles. The number of aliphatic hydroxyl groups is 2. The molecule has 2 unspecified atom stereocenters. The van der Waals surface area contributed by atoms with Crippen LogP contribution in [0.2, 0.25) is 0 Å². The summed E-state index contributed by atoms with van der Waals surface area (Å²) in [6.45, 7) is 8.83. The van der Waals surface area contributed by atoms with Crippen molar-refractivity contribution in [2.45, 2.75) is 50.0 Å². The van der Waals surface area contributed by atoms with Gasteiger partial charge in [-0.2, -0.15) is 0 Å². The van der Waals surface area contributed by atoms with E-state index in [4.69, 9.17) is 9.47 Å². The number of aliphatic hydroxyl groups excluding tert-OH is 2. The first kappa shape index (κ1) is 33.4. The van der Waals surface area contributed by atoms with E-state index in [0.29, 0.717) is 35.7 Å². The minimum Gasteiger partial charge on any atom is -0.463 e. The Morgan fingerprint density at radius 3 is 1.38 bits per heavy atom. The summed E-state index contributed by atoms with van der Waals surface area (Å²) in [5, 5.41) is 43.3. The summed E-state index contributed by atoms with van der Waals surface area (Å²) < 4.78 is 13.6.